The molecule has 6 nitrogen and oxygen atoms in total. The molecule has 1 saturated heterocycles. The monoisotopic (exact) mass is 459 g/mol. The lowest BCUT2D eigenvalue weighted by atomic mass is 9.79. The number of urea groups is 1. The molecule has 1 fully saturated rings. The Kier molecular flexibility index (Phi) is 6.11. The highest BCUT2D eigenvalue weighted by Gasteiger charge is 2.38. The van der Waals surface area contributed by atoms with Gasteiger partial charge in [-0.1, -0.05) is 26.0 Å². The van der Waals surface area contributed by atoms with Crippen molar-refractivity contribution in [2.24, 2.45) is 0 Å². The van der Waals surface area contributed by atoms with Crippen LogP contribution in [0.2, 0.25) is 0 Å². The van der Waals surface area contributed by atoms with Gasteiger partial charge in [-0.25, -0.2) is 9.69 Å². The van der Waals surface area contributed by atoms with Gasteiger partial charge in [-0.3, -0.25) is 14.9 Å². The van der Waals surface area contributed by atoms with Crippen LogP contribution in [0.4, 0.5) is 16.2 Å². The number of nitrogens with one attached hydrogen (secondary N) is 1. The van der Waals surface area contributed by atoms with Crippen LogP contribution in [-0.4, -0.2) is 29.9 Å². The van der Waals surface area contributed by atoms with Gasteiger partial charge in [0.15, 0.2) is 0 Å². The highest BCUT2D eigenvalue weighted by atomic mass is 16.2. The van der Waals surface area contributed by atoms with Crippen molar-refractivity contribution in [1.82, 2.24) is 5.32 Å². The van der Waals surface area contributed by atoms with Crippen molar-refractivity contribution < 1.29 is 14.4 Å². The second-order valence-corrected chi connectivity index (χ2v) is 10.2. The van der Waals surface area contributed by atoms with Gasteiger partial charge in [0.2, 0.25) is 0 Å². The van der Waals surface area contributed by atoms with E-state index in [9.17, 15) is 14.4 Å². The molecule has 0 saturated carbocycles. The first-order valence-electron chi connectivity index (χ1n) is 11.9. The van der Waals surface area contributed by atoms with Gasteiger partial charge in [0.05, 0.1) is 5.69 Å². The smallest absolute Gasteiger partial charge is 0.335 e. The third kappa shape index (κ3) is 4.25. The molecule has 178 valence electrons. The fraction of sp³-hybridized carbons (Fsp3) is 0.393. The van der Waals surface area contributed by atoms with Gasteiger partial charge in [0, 0.05) is 17.8 Å². The van der Waals surface area contributed by atoms with Gasteiger partial charge >= 0.3 is 6.03 Å². The lowest BCUT2D eigenvalue weighted by Gasteiger charge is -2.47. The number of rotatable bonds is 4. The summed E-state index contributed by atoms with van der Waals surface area (Å²) in [5, 5.41) is 2.32. The SMILES string of the molecule is CCCN1c2ccc(/C=C3/C(=O)NC(=O)N(c4cc(C)cc(C)c4)C3=O)cc2C(C)CC1(C)C. The number of benzene rings is 2. The van der Waals surface area contributed by atoms with Crippen molar-refractivity contribution in [2.45, 2.75) is 65.8 Å². The molecule has 0 bridgehead atoms. The fourth-order valence-corrected chi connectivity index (χ4v) is 5.38. The number of amides is 4. The lowest BCUT2D eigenvalue weighted by molar-refractivity contribution is -0.122. The summed E-state index contributed by atoms with van der Waals surface area (Å²) in [6, 6.07) is 10.9. The molecule has 2 aromatic carbocycles. The minimum Gasteiger partial charge on any atom is -0.366 e. The summed E-state index contributed by atoms with van der Waals surface area (Å²) in [5.74, 6) is -0.936. The molecule has 34 heavy (non-hydrogen) atoms. The molecule has 6 heteroatoms. The summed E-state index contributed by atoms with van der Waals surface area (Å²) in [7, 11) is 0. The molecule has 2 aliphatic rings. The Morgan fingerprint density at radius 2 is 1.74 bits per heavy atom. The number of anilines is 2. The highest BCUT2D eigenvalue weighted by Crippen LogP contribution is 2.43. The van der Waals surface area contributed by atoms with Crippen LogP contribution in [0.3, 0.4) is 0 Å². The number of hydrogen-bond donors (Lipinski definition) is 1. The number of fused-ring (bicyclic) bond motifs is 1. The van der Waals surface area contributed by atoms with E-state index >= 15 is 0 Å². The number of imide groups is 2. The first kappa shape index (κ1) is 23.7. The van der Waals surface area contributed by atoms with Crippen molar-refractivity contribution in [1.29, 1.82) is 0 Å². The van der Waals surface area contributed by atoms with Crippen molar-refractivity contribution in [3.05, 3.63) is 64.2 Å². The molecule has 0 aliphatic carbocycles. The van der Waals surface area contributed by atoms with Crippen molar-refractivity contribution in [3.8, 4) is 0 Å². The summed E-state index contributed by atoms with van der Waals surface area (Å²) in [6.45, 7) is 13.7. The van der Waals surface area contributed by atoms with E-state index in [1.54, 1.807) is 18.2 Å². The fourth-order valence-electron chi connectivity index (χ4n) is 5.38. The van der Waals surface area contributed by atoms with Gasteiger partial charge in [-0.15, -0.1) is 0 Å². The third-order valence-corrected chi connectivity index (χ3v) is 6.73. The second kappa shape index (κ2) is 8.75. The molecule has 4 rings (SSSR count). The minimum absolute atomic E-state index is 0.0482. The molecule has 2 aliphatic heterocycles. The van der Waals surface area contributed by atoms with E-state index in [4.69, 9.17) is 0 Å². The number of carbonyl (C=O) groups is 3. The third-order valence-electron chi connectivity index (χ3n) is 6.73. The predicted octanol–water partition coefficient (Wildman–Crippen LogP) is 5.47. The summed E-state index contributed by atoms with van der Waals surface area (Å²) in [6.07, 6.45) is 3.67. The van der Waals surface area contributed by atoms with Gasteiger partial charge in [0.25, 0.3) is 11.8 Å². The molecular formula is C28H33N3O3. The van der Waals surface area contributed by atoms with Gasteiger partial charge in [-0.2, -0.15) is 0 Å². The molecule has 1 N–H and O–H groups in total. The van der Waals surface area contributed by atoms with Crippen molar-refractivity contribution in [3.63, 3.8) is 0 Å². The van der Waals surface area contributed by atoms with E-state index in [-0.39, 0.29) is 11.1 Å². The molecule has 2 heterocycles. The standard InChI is InChI=1S/C28H33N3O3/c1-7-10-30-24-9-8-20(14-22(24)19(4)16-28(30,5)6)15-23-25(32)29-27(34)31(26(23)33)21-12-17(2)11-18(3)13-21/h8-9,11-15,19H,7,10,16H2,1-6H3,(H,29,32,34)/b23-15-. The zero-order valence-electron chi connectivity index (χ0n) is 20.9. The zero-order chi connectivity index (χ0) is 24.8. The molecule has 4 amide bonds. The van der Waals surface area contributed by atoms with Gasteiger partial charge < -0.3 is 4.90 Å². The quantitative estimate of drug-likeness (QED) is 0.486. The maximum absolute atomic E-state index is 13.3. The van der Waals surface area contributed by atoms with Crippen LogP contribution >= 0.6 is 0 Å². The van der Waals surface area contributed by atoms with E-state index in [1.807, 2.05) is 26.0 Å². The molecule has 0 radical (unpaired) electrons. The van der Waals surface area contributed by atoms with Crippen LogP contribution in [0.15, 0.2) is 42.0 Å². The molecular weight excluding hydrogens is 426 g/mol. The Morgan fingerprint density at radius 1 is 1.06 bits per heavy atom. The Labute approximate surface area is 201 Å². The summed E-state index contributed by atoms with van der Waals surface area (Å²) >= 11 is 0. The molecule has 1 unspecified atom stereocenters. The Balaban J connectivity index is 1.73. The van der Waals surface area contributed by atoms with Gasteiger partial charge in [-0.05, 0) is 99.0 Å². The Hall–Kier alpha value is -3.41. The van der Waals surface area contributed by atoms with E-state index in [0.717, 1.165) is 41.0 Å². The number of barbiturate groups is 1. The number of hydrogen-bond acceptors (Lipinski definition) is 4. The normalized spacial score (nSPS) is 21.1. The number of carbonyl (C=O) groups excluding carboxylic acids is 3. The van der Waals surface area contributed by atoms with Crippen LogP contribution in [0.25, 0.3) is 6.08 Å². The largest absolute Gasteiger partial charge is 0.366 e. The van der Waals surface area contributed by atoms with Crippen molar-refractivity contribution >= 4 is 35.3 Å². The average molecular weight is 460 g/mol. The summed E-state index contributed by atoms with van der Waals surface area (Å²) in [5.41, 5.74) is 5.53. The molecule has 0 spiro atoms. The van der Waals surface area contributed by atoms with Crippen LogP contribution < -0.4 is 15.1 Å². The van der Waals surface area contributed by atoms with Crippen molar-refractivity contribution in [2.75, 3.05) is 16.3 Å². The van der Waals surface area contributed by atoms with E-state index in [0.29, 0.717) is 11.6 Å². The van der Waals surface area contributed by atoms with Gasteiger partial charge in [0.1, 0.15) is 5.57 Å². The van der Waals surface area contributed by atoms with Crippen LogP contribution in [0.5, 0.6) is 0 Å². The van der Waals surface area contributed by atoms with Crippen LogP contribution in [0.1, 0.15) is 68.7 Å². The maximum atomic E-state index is 13.3. The van der Waals surface area contributed by atoms with E-state index in [1.165, 1.54) is 11.3 Å². The first-order chi connectivity index (χ1) is 16.0. The highest BCUT2D eigenvalue weighted by molar-refractivity contribution is 6.39. The number of aryl methyl sites for hydroxylation is 2. The average Bonchev–Trinajstić information content (AvgIpc) is 2.73. The predicted molar refractivity (Wildman–Crippen MR) is 136 cm³/mol. The summed E-state index contributed by atoms with van der Waals surface area (Å²) in [4.78, 5) is 42.0. The second-order valence-electron chi connectivity index (χ2n) is 10.2. The zero-order valence-corrected chi connectivity index (χ0v) is 20.9. The molecule has 1 atom stereocenters. The topological polar surface area (TPSA) is 69.7 Å². The maximum Gasteiger partial charge on any atom is 0.335 e. The van der Waals surface area contributed by atoms with Crippen LogP contribution in [0, 0.1) is 13.8 Å². The molecule has 0 aromatic heterocycles. The minimum atomic E-state index is -0.728. The van der Waals surface area contributed by atoms with Crippen LogP contribution in [-0.2, 0) is 9.59 Å². The Morgan fingerprint density at radius 3 is 2.38 bits per heavy atom. The summed E-state index contributed by atoms with van der Waals surface area (Å²) < 4.78 is 0. The Bertz CT molecular complexity index is 1190. The lowest BCUT2D eigenvalue weighted by Crippen LogP contribution is -2.54. The van der Waals surface area contributed by atoms with E-state index < -0.39 is 17.8 Å². The van der Waals surface area contributed by atoms with E-state index in [2.05, 4.69) is 50.0 Å². The number of nitrogens with zero attached hydrogens (tertiary/aromatic N) is 2. The first-order valence-corrected chi connectivity index (χ1v) is 11.9. The molecule has 2 aromatic rings.